The molecule has 0 spiro atoms. The number of aliphatic imine (C=N–C) groups is 1. The number of amidine groups is 1. The highest BCUT2D eigenvalue weighted by Gasteiger charge is 2.45. The van der Waals surface area contributed by atoms with Gasteiger partial charge in [0.1, 0.15) is 23.6 Å². The number of hydrogen-bond acceptors (Lipinski definition) is 7. The van der Waals surface area contributed by atoms with Gasteiger partial charge in [-0.2, -0.15) is 0 Å². The molecule has 0 bridgehead atoms. The molecule has 0 unspecified atom stereocenters. The molecule has 29 heavy (non-hydrogen) atoms. The quantitative estimate of drug-likeness (QED) is 0.455. The lowest BCUT2D eigenvalue weighted by Crippen LogP contribution is -2.28. The molecule has 3 aromatic rings. The van der Waals surface area contributed by atoms with Crippen LogP contribution in [0.15, 0.2) is 70.2 Å². The van der Waals surface area contributed by atoms with Crippen LogP contribution in [0.1, 0.15) is 30.5 Å². The average Bonchev–Trinajstić information content (AvgIpc) is 3.42. The van der Waals surface area contributed by atoms with E-state index in [9.17, 15) is 10.1 Å². The number of furan rings is 1. The predicted octanol–water partition coefficient (Wildman–Crippen LogP) is 4.84. The Morgan fingerprint density at radius 1 is 1.17 bits per heavy atom. The first kappa shape index (κ1) is 17.9. The van der Waals surface area contributed by atoms with Gasteiger partial charge in [0.2, 0.25) is 0 Å². The Labute approximate surface area is 171 Å². The van der Waals surface area contributed by atoms with Crippen molar-refractivity contribution < 1.29 is 9.34 Å². The van der Waals surface area contributed by atoms with Crippen LogP contribution < -0.4 is 0 Å². The van der Waals surface area contributed by atoms with Crippen LogP contribution in [0, 0.1) is 10.1 Å². The molecule has 2 aliphatic rings. The van der Waals surface area contributed by atoms with Crippen LogP contribution in [-0.2, 0) is 0 Å². The van der Waals surface area contributed by atoms with Crippen LogP contribution in [0.4, 0.5) is 5.69 Å². The summed E-state index contributed by atoms with van der Waals surface area (Å²) in [7, 11) is 0. The Morgan fingerprint density at radius 3 is 2.79 bits per heavy atom. The van der Waals surface area contributed by atoms with E-state index in [1.54, 1.807) is 42.2 Å². The van der Waals surface area contributed by atoms with Crippen LogP contribution in [0.3, 0.4) is 0 Å². The molecule has 1 fully saturated rings. The van der Waals surface area contributed by atoms with E-state index in [2.05, 4.69) is 16.8 Å². The zero-order valence-corrected chi connectivity index (χ0v) is 16.5. The number of para-hydroxylation sites is 1. The SMILES string of the molecule is C[C@H]1CN2C(=N[C@H](c3ccccn3)[C@@H]2c2ccc(-c3ccccc3[N+](=O)[O-])o2)S1. The fourth-order valence-electron chi connectivity index (χ4n) is 3.92. The van der Waals surface area contributed by atoms with Gasteiger partial charge in [0, 0.05) is 24.1 Å². The molecule has 5 rings (SSSR count). The number of hydrogen-bond donors (Lipinski definition) is 0. The van der Waals surface area contributed by atoms with Gasteiger partial charge < -0.3 is 9.32 Å². The summed E-state index contributed by atoms with van der Waals surface area (Å²) >= 11 is 1.76. The van der Waals surface area contributed by atoms with Gasteiger partial charge in [0.25, 0.3) is 5.69 Å². The van der Waals surface area contributed by atoms with E-state index < -0.39 is 0 Å². The number of aromatic nitrogens is 1. The number of rotatable bonds is 4. The summed E-state index contributed by atoms with van der Waals surface area (Å²) in [4.78, 5) is 22.7. The summed E-state index contributed by atoms with van der Waals surface area (Å²) in [6, 6.07) is 15.9. The van der Waals surface area contributed by atoms with E-state index in [-0.39, 0.29) is 22.7 Å². The summed E-state index contributed by atoms with van der Waals surface area (Å²) < 4.78 is 6.18. The van der Waals surface area contributed by atoms with Gasteiger partial charge >= 0.3 is 0 Å². The Morgan fingerprint density at radius 2 is 2.00 bits per heavy atom. The second-order valence-electron chi connectivity index (χ2n) is 7.11. The van der Waals surface area contributed by atoms with E-state index in [0.717, 1.165) is 23.2 Å². The van der Waals surface area contributed by atoms with E-state index in [1.807, 2.05) is 24.3 Å². The molecule has 146 valence electrons. The minimum absolute atomic E-state index is 0.0309. The first-order chi connectivity index (χ1) is 14.1. The lowest BCUT2D eigenvalue weighted by atomic mass is 10.0. The first-order valence-electron chi connectivity index (χ1n) is 9.37. The Hall–Kier alpha value is -3.13. The van der Waals surface area contributed by atoms with Gasteiger partial charge in [-0.25, -0.2) is 4.99 Å². The van der Waals surface area contributed by atoms with Crippen LogP contribution in [0.25, 0.3) is 11.3 Å². The molecular formula is C21H18N4O3S. The largest absolute Gasteiger partial charge is 0.459 e. The molecular weight excluding hydrogens is 388 g/mol. The zero-order valence-electron chi connectivity index (χ0n) is 15.6. The molecule has 0 radical (unpaired) electrons. The first-order valence-corrected chi connectivity index (χ1v) is 10.3. The Bertz CT molecular complexity index is 1100. The van der Waals surface area contributed by atoms with Crippen molar-refractivity contribution >= 4 is 22.6 Å². The highest BCUT2D eigenvalue weighted by Crippen LogP contribution is 2.48. The van der Waals surface area contributed by atoms with E-state index in [4.69, 9.17) is 9.41 Å². The third-order valence-electron chi connectivity index (χ3n) is 5.17. The second-order valence-corrected chi connectivity index (χ2v) is 8.52. The number of thioether (sulfide) groups is 1. The molecule has 0 N–H and O–H groups in total. The molecule has 0 saturated carbocycles. The zero-order chi connectivity index (χ0) is 20.0. The van der Waals surface area contributed by atoms with Gasteiger partial charge in [-0.05, 0) is 30.3 Å². The lowest BCUT2D eigenvalue weighted by Gasteiger charge is -2.25. The highest BCUT2D eigenvalue weighted by atomic mass is 32.2. The molecule has 8 heteroatoms. The maximum absolute atomic E-state index is 11.4. The van der Waals surface area contributed by atoms with Gasteiger partial charge in [-0.3, -0.25) is 15.1 Å². The molecule has 1 aromatic carbocycles. The highest BCUT2D eigenvalue weighted by molar-refractivity contribution is 8.14. The van der Waals surface area contributed by atoms with Gasteiger partial charge in [-0.1, -0.05) is 36.9 Å². The topological polar surface area (TPSA) is 84.8 Å². The molecule has 4 heterocycles. The molecule has 1 saturated heterocycles. The summed E-state index contributed by atoms with van der Waals surface area (Å²) in [5, 5.41) is 12.9. The van der Waals surface area contributed by atoms with E-state index in [1.165, 1.54) is 6.07 Å². The van der Waals surface area contributed by atoms with E-state index in [0.29, 0.717) is 16.6 Å². The van der Waals surface area contributed by atoms with Gasteiger partial charge in [0.15, 0.2) is 5.17 Å². The standard InChI is InChI=1S/C21H18N4O3S/c1-13-12-24-20(19(23-21(24)29-13)15-7-4-5-11-22-15)18-10-9-17(28-18)14-6-2-3-8-16(14)25(26)27/h2-11,13,19-20H,12H2,1H3/t13-,19+,20-/m0/s1. The lowest BCUT2D eigenvalue weighted by molar-refractivity contribution is -0.384. The van der Waals surface area contributed by atoms with Crippen molar-refractivity contribution in [2.45, 2.75) is 24.3 Å². The van der Waals surface area contributed by atoms with E-state index >= 15 is 0 Å². The fourth-order valence-corrected chi connectivity index (χ4v) is 5.02. The number of nitro benzene ring substituents is 1. The average molecular weight is 406 g/mol. The Balaban J connectivity index is 1.55. The molecule has 2 aromatic heterocycles. The number of nitro groups is 1. The summed E-state index contributed by atoms with van der Waals surface area (Å²) in [6.07, 6.45) is 1.77. The van der Waals surface area contributed by atoms with Crippen LogP contribution in [-0.4, -0.2) is 31.8 Å². The Kier molecular flexibility index (Phi) is 4.35. The predicted molar refractivity (Wildman–Crippen MR) is 112 cm³/mol. The van der Waals surface area contributed by atoms with Crippen LogP contribution >= 0.6 is 11.8 Å². The summed E-state index contributed by atoms with van der Waals surface area (Å²) in [5.41, 5.74) is 1.39. The minimum Gasteiger partial charge on any atom is -0.459 e. The second kappa shape index (κ2) is 7.04. The summed E-state index contributed by atoms with van der Waals surface area (Å²) in [5.74, 6) is 1.22. The van der Waals surface area contributed by atoms with Crippen LogP contribution in [0.2, 0.25) is 0 Å². The summed E-state index contributed by atoms with van der Waals surface area (Å²) in [6.45, 7) is 3.05. The van der Waals surface area contributed by atoms with Crippen LogP contribution in [0.5, 0.6) is 0 Å². The molecule has 7 nitrogen and oxygen atoms in total. The van der Waals surface area contributed by atoms with Crippen molar-refractivity contribution in [1.29, 1.82) is 0 Å². The maximum atomic E-state index is 11.4. The minimum atomic E-state index is -0.385. The van der Waals surface area contributed by atoms with Crippen molar-refractivity contribution in [2.24, 2.45) is 4.99 Å². The van der Waals surface area contributed by atoms with Gasteiger partial charge in [0.05, 0.1) is 16.2 Å². The maximum Gasteiger partial charge on any atom is 0.280 e. The number of nitrogens with zero attached hydrogens (tertiary/aromatic N) is 4. The number of benzene rings is 1. The van der Waals surface area contributed by atoms with Crippen molar-refractivity contribution in [2.75, 3.05) is 6.54 Å². The molecule has 3 atom stereocenters. The van der Waals surface area contributed by atoms with Crippen molar-refractivity contribution in [3.8, 4) is 11.3 Å². The van der Waals surface area contributed by atoms with Crippen molar-refractivity contribution in [1.82, 2.24) is 9.88 Å². The third-order valence-corrected chi connectivity index (χ3v) is 6.27. The van der Waals surface area contributed by atoms with Crippen molar-refractivity contribution in [3.63, 3.8) is 0 Å². The normalized spacial score (nSPS) is 23.1. The fraction of sp³-hybridized carbons (Fsp3) is 0.238. The number of fused-ring (bicyclic) bond motifs is 1. The van der Waals surface area contributed by atoms with Crippen molar-refractivity contribution in [3.05, 3.63) is 82.4 Å². The third kappa shape index (κ3) is 3.09. The monoisotopic (exact) mass is 406 g/mol. The molecule has 0 amide bonds. The molecule has 0 aliphatic carbocycles. The molecule has 2 aliphatic heterocycles. The number of pyridine rings is 1. The van der Waals surface area contributed by atoms with Gasteiger partial charge in [-0.15, -0.1) is 0 Å². The smallest absolute Gasteiger partial charge is 0.280 e.